The maximum Gasteiger partial charge on any atom is 0.307 e. The maximum absolute atomic E-state index is 11.9. The lowest BCUT2D eigenvalue weighted by molar-refractivity contribution is -0.171. The van der Waals surface area contributed by atoms with Crippen LogP contribution in [0.3, 0.4) is 0 Å². The first kappa shape index (κ1) is 15.0. The zero-order valence-electron chi connectivity index (χ0n) is 11.3. The van der Waals surface area contributed by atoms with Crippen molar-refractivity contribution in [2.45, 2.75) is 24.9 Å². The van der Waals surface area contributed by atoms with E-state index in [0.29, 0.717) is 11.8 Å². The van der Waals surface area contributed by atoms with Gasteiger partial charge in [0.2, 0.25) is 0 Å². The second-order valence-electron chi connectivity index (χ2n) is 5.02. The van der Waals surface area contributed by atoms with Gasteiger partial charge in [-0.05, 0) is 17.9 Å². The summed E-state index contributed by atoms with van der Waals surface area (Å²) in [5.74, 6) is -0.615. The largest absolute Gasteiger partial charge is 0.469 e. The first-order valence-electron chi connectivity index (χ1n) is 6.50. The van der Waals surface area contributed by atoms with Crippen molar-refractivity contribution in [3.05, 3.63) is 35.9 Å². The highest BCUT2D eigenvalue weighted by molar-refractivity contribution is 9.09. The van der Waals surface area contributed by atoms with Crippen LogP contribution < -0.4 is 0 Å². The minimum absolute atomic E-state index is 0.0542. The Morgan fingerprint density at radius 3 is 2.75 bits per heavy atom. The molecule has 0 radical (unpaired) electrons. The molecule has 1 aliphatic heterocycles. The van der Waals surface area contributed by atoms with Gasteiger partial charge in [0, 0.05) is 18.2 Å². The molecular formula is C15H17BrO4. The summed E-state index contributed by atoms with van der Waals surface area (Å²) in [7, 11) is 1.36. The Morgan fingerprint density at radius 1 is 1.45 bits per heavy atom. The predicted octanol–water partition coefficient (Wildman–Crippen LogP) is 2.79. The molecular weight excluding hydrogens is 324 g/mol. The normalized spacial score (nSPS) is 25.9. The van der Waals surface area contributed by atoms with E-state index >= 15 is 0 Å². The number of alkyl halides is 1. The zero-order valence-corrected chi connectivity index (χ0v) is 12.9. The summed E-state index contributed by atoms with van der Waals surface area (Å²) >= 11 is 3.45. The highest BCUT2D eigenvalue weighted by atomic mass is 79.9. The third-order valence-electron chi connectivity index (χ3n) is 3.58. The van der Waals surface area contributed by atoms with Crippen molar-refractivity contribution in [1.82, 2.24) is 0 Å². The van der Waals surface area contributed by atoms with Crippen LogP contribution in [0.4, 0.5) is 0 Å². The molecule has 0 saturated carbocycles. The zero-order chi connectivity index (χ0) is 14.6. The van der Waals surface area contributed by atoms with E-state index in [0.717, 1.165) is 5.56 Å². The molecule has 0 amide bonds. The molecule has 20 heavy (non-hydrogen) atoms. The second-order valence-corrected chi connectivity index (χ2v) is 5.58. The van der Waals surface area contributed by atoms with Gasteiger partial charge in [-0.3, -0.25) is 9.59 Å². The van der Waals surface area contributed by atoms with Gasteiger partial charge in [0.1, 0.15) is 5.60 Å². The molecule has 0 N–H and O–H groups in total. The number of carbonyl (C=O) groups excluding carboxylic acids is 2. The van der Waals surface area contributed by atoms with Gasteiger partial charge in [-0.2, -0.15) is 0 Å². The average molecular weight is 341 g/mol. The molecule has 4 nitrogen and oxygen atoms in total. The molecule has 0 bridgehead atoms. The third kappa shape index (κ3) is 3.20. The first-order chi connectivity index (χ1) is 9.59. The van der Waals surface area contributed by atoms with E-state index in [4.69, 9.17) is 9.47 Å². The minimum atomic E-state index is -0.699. The summed E-state index contributed by atoms with van der Waals surface area (Å²) in [6.07, 6.45) is 1.12. The molecule has 2 atom stereocenters. The summed E-state index contributed by atoms with van der Waals surface area (Å²) in [4.78, 5) is 23.3. The van der Waals surface area contributed by atoms with Crippen LogP contribution in [-0.2, 0) is 24.7 Å². The smallest absolute Gasteiger partial charge is 0.307 e. The van der Waals surface area contributed by atoms with E-state index in [1.807, 2.05) is 30.3 Å². The molecule has 1 aliphatic rings. The number of benzene rings is 1. The van der Waals surface area contributed by atoms with Crippen LogP contribution in [0.5, 0.6) is 0 Å². The summed E-state index contributed by atoms with van der Waals surface area (Å²) < 4.78 is 10.3. The number of hydrogen-bond donors (Lipinski definition) is 0. The van der Waals surface area contributed by atoms with Crippen LogP contribution in [0.15, 0.2) is 30.3 Å². The van der Waals surface area contributed by atoms with Crippen molar-refractivity contribution in [3.8, 4) is 0 Å². The van der Waals surface area contributed by atoms with E-state index in [2.05, 4.69) is 15.9 Å². The van der Waals surface area contributed by atoms with Crippen LogP contribution in [-0.4, -0.2) is 24.4 Å². The van der Waals surface area contributed by atoms with Gasteiger partial charge in [-0.25, -0.2) is 0 Å². The van der Waals surface area contributed by atoms with Crippen LogP contribution >= 0.6 is 15.9 Å². The molecule has 0 aliphatic carbocycles. The number of halogens is 1. The first-order valence-corrected chi connectivity index (χ1v) is 7.62. The molecule has 1 heterocycles. The van der Waals surface area contributed by atoms with E-state index in [1.54, 1.807) is 0 Å². The van der Waals surface area contributed by atoms with Crippen molar-refractivity contribution >= 4 is 27.9 Å². The van der Waals surface area contributed by atoms with E-state index in [1.165, 1.54) is 7.11 Å². The highest BCUT2D eigenvalue weighted by Gasteiger charge is 2.43. The Bertz CT molecular complexity index is 488. The lowest BCUT2D eigenvalue weighted by atomic mass is 9.80. The molecule has 1 aromatic rings. The van der Waals surface area contributed by atoms with Crippen molar-refractivity contribution < 1.29 is 19.1 Å². The molecule has 108 valence electrons. The summed E-state index contributed by atoms with van der Waals surface area (Å²) in [5, 5.41) is 0.507. The van der Waals surface area contributed by atoms with Crippen LogP contribution in [0.25, 0.3) is 0 Å². The fourth-order valence-electron chi connectivity index (χ4n) is 2.62. The predicted molar refractivity (Wildman–Crippen MR) is 77.4 cm³/mol. The highest BCUT2D eigenvalue weighted by Crippen LogP contribution is 2.41. The standard InChI is InChI=1S/C15H17BrO4/c1-19-13(17)7-11-8-14(18)20-15(9-11,10-16)12-5-3-2-4-6-12/h2-6,11H,7-10H2,1H3/t11-,15+/m0/s1. The molecule has 1 fully saturated rings. The summed E-state index contributed by atoms with van der Waals surface area (Å²) in [6, 6.07) is 9.63. The third-order valence-corrected chi connectivity index (χ3v) is 4.49. The van der Waals surface area contributed by atoms with Gasteiger partial charge in [0.05, 0.1) is 7.11 Å². The number of hydrogen-bond acceptors (Lipinski definition) is 4. The Kier molecular flexibility index (Phi) is 4.81. The fourth-order valence-corrected chi connectivity index (χ4v) is 3.28. The van der Waals surface area contributed by atoms with Gasteiger partial charge in [-0.1, -0.05) is 46.3 Å². The van der Waals surface area contributed by atoms with Gasteiger partial charge in [0.25, 0.3) is 0 Å². The molecule has 0 spiro atoms. The van der Waals surface area contributed by atoms with Crippen molar-refractivity contribution in [1.29, 1.82) is 0 Å². The lowest BCUT2D eigenvalue weighted by Gasteiger charge is -2.39. The molecule has 0 unspecified atom stereocenters. The monoisotopic (exact) mass is 340 g/mol. The number of ether oxygens (including phenoxy) is 2. The Morgan fingerprint density at radius 2 is 2.15 bits per heavy atom. The number of carbonyl (C=O) groups is 2. The second kappa shape index (κ2) is 6.39. The van der Waals surface area contributed by atoms with Gasteiger partial charge in [-0.15, -0.1) is 0 Å². The van der Waals surface area contributed by atoms with Gasteiger partial charge >= 0.3 is 11.9 Å². The summed E-state index contributed by atoms with van der Waals surface area (Å²) in [5.41, 5.74) is 0.245. The van der Waals surface area contributed by atoms with Crippen LogP contribution in [0, 0.1) is 5.92 Å². The Labute approximate surface area is 126 Å². The molecule has 1 saturated heterocycles. The van der Waals surface area contributed by atoms with Gasteiger partial charge < -0.3 is 9.47 Å². The lowest BCUT2D eigenvalue weighted by Crippen LogP contribution is -2.42. The molecule has 2 rings (SSSR count). The number of esters is 2. The average Bonchev–Trinajstić information content (AvgIpc) is 2.47. The number of cyclic esters (lactones) is 1. The van der Waals surface area contributed by atoms with Crippen molar-refractivity contribution in [2.24, 2.45) is 5.92 Å². The Balaban J connectivity index is 2.24. The fraction of sp³-hybridized carbons (Fsp3) is 0.467. The quantitative estimate of drug-likeness (QED) is 0.624. The number of methoxy groups -OCH3 is 1. The topological polar surface area (TPSA) is 52.6 Å². The Hall–Kier alpha value is -1.36. The number of rotatable bonds is 4. The van der Waals surface area contributed by atoms with E-state index in [9.17, 15) is 9.59 Å². The molecule has 5 heteroatoms. The van der Waals surface area contributed by atoms with Crippen LogP contribution in [0.2, 0.25) is 0 Å². The molecule has 0 aromatic heterocycles. The van der Waals surface area contributed by atoms with E-state index in [-0.39, 0.29) is 30.7 Å². The van der Waals surface area contributed by atoms with Crippen LogP contribution in [0.1, 0.15) is 24.8 Å². The van der Waals surface area contributed by atoms with Crippen molar-refractivity contribution in [2.75, 3.05) is 12.4 Å². The van der Waals surface area contributed by atoms with Crippen molar-refractivity contribution in [3.63, 3.8) is 0 Å². The summed E-state index contributed by atoms with van der Waals surface area (Å²) in [6.45, 7) is 0. The SMILES string of the molecule is COC(=O)C[C@H]1CC(=O)O[C@](CBr)(c2ccccc2)C1. The van der Waals surface area contributed by atoms with E-state index < -0.39 is 5.60 Å². The minimum Gasteiger partial charge on any atom is -0.469 e. The van der Waals surface area contributed by atoms with Gasteiger partial charge in [0.15, 0.2) is 0 Å². The molecule has 1 aromatic carbocycles. The maximum atomic E-state index is 11.9.